The number of urea groups is 1. The van der Waals surface area contributed by atoms with E-state index in [-0.39, 0.29) is 12.1 Å². The van der Waals surface area contributed by atoms with Gasteiger partial charge in [-0.25, -0.2) is 4.79 Å². The summed E-state index contributed by atoms with van der Waals surface area (Å²) in [5.41, 5.74) is 1.29. The fraction of sp³-hybridized carbons (Fsp3) is 0.429. The second-order valence-corrected chi connectivity index (χ2v) is 6.12. The van der Waals surface area contributed by atoms with Gasteiger partial charge in [0.1, 0.15) is 0 Å². The zero-order chi connectivity index (χ0) is 13.9. The third kappa shape index (κ3) is 2.85. The molecule has 2 aromatic heterocycles. The van der Waals surface area contributed by atoms with E-state index in [2.05, 4.69) is 21.9 Å². The second kappa shape index (κ2) is 5.66. The summed E-state index contributed by atoms with van der Waals surface area (Å²) >= 11 is 1.79. The Bertz CT molecular complexity index is 578. The standard InChI is InChI=1S/C14H18N4OS/c1-11(9-18-6-2-5-15-18)16-14(19)17-7-3-13-12(10-17)4-8-20-13/h2,4-6,8,11H,3,7,9-10H2,1H3,(H,16,19)/t11-/m1/s1. The van der Waals surface area contributed by atoms with Crippen LogP contribution in [-0.4, -0.2) is 33.3 Å². The van der Waals surface area contributed by atoms with E-state index < -0.39 is 0 Å². The van der Waals surface area contributed by atoms with Gasteiger partial charge in [-0.1, -0.05) is 0 Å². The van der Waals surface area contributed by atoms with Crippen LogP contribution in [0, 0.1) is 0 Å². The van der Waals surface area contributed by atoms with Crippen LogP contribution < -0.4 is 5.32 Å². The Labute approximate surface area is 122 Å². The molecule has 0 fully saturated rings. The SMILES string of the molecule is C[C@H](Cn1cccn1)NC(=O)N1CCc2sccc2C1. The van der Waals surface area contributed by atoms with Gasteiger partial charge in [0.25, 0.3) is 0 Å². The maximum Gasteiger partial charge on any atom is 0.317 e. The minimum atomic E-state index is 0.0153. The van der Waals surface area contributed by atoms with Gasteiger partial charge in [0, 0.05) is 36.4 Å². The van der Waals surface area contributed by atoms with Gasteiger partial charge in [-0.2, -0.15) is 5.10 Å². The van der Waals surface area contributed by atoms with E-state index in [1.54, 1.807) is 17.5 Å². The van der Waals surface area contributed by atoms with Crippen LogP contribution in [0.1, 0.15) is 17.4 Å². The highest BCUT2D eigenvalue weighted by Crippen LogP contribution is 2.23. The minimum absolute atomic E-state index is 0.0153. The number of hydrogen-bond donors (Lipinski definition) is 1. The molecule has 0 radical (unpaired) electrons. The highest BCUT2D eigenvalue weighted by molar-refractivity contribution is 7.10. The summed E-state index contributed by atoms with van der Waals surface area (Å²) in [5, 5.41) is 9.30. The van der Waals surface area contributed by atoms with Crippen LogP contribution in [0.2, 0.25) is 0 Å². The van der Waals surface area contributed by atoms with Crippen molar-refractivity contribution < 1.29 is 4.79 Å². The number of nitrogens with zero attached hydrogens (tertiary/aromatic N) is 3. The summed E-state index contributed by atoms with van der Waals surface area (Å²) < 4.78 is 1.83. The lowest BCUT2D eigenvalue weighted by molar-refractivity contribution is 0.188. The van der Waals surface area contributed by atoms with Crippen LogP contribution in [0.5, 0.6) is 0 Å². The number of rotatable bonds is 3. The smallest absolute Gasteiger partial charge is 0.317 e. The molecule has 1 atom stereocenters. The number of fused-ring (bicyclic) bond motifs is 1. The Kier molecular flexibility index (Phi) is 3.73. The highest BCUT2D eigenvalue weighted by atomic mass is 32.1. The predicted molar refractivity (Wildman–Crippen MR) is 78.7 cm³/mol. The van der Waals surface area contributed by atoms with Crippen molar-refractivity contribution in [1.82, 2.24) is 20.0 Å². The number of nitrogens with one attached hydrogen (secondary N) is 1. The van der Waals surface area contributed by atoms with Gasteiger partial charge in [0.2, 0.25) is 0 Å². The molecule has 0 aromatic carbocycles. The molecular weight excluding hydrogens is 272 g/mol. The fourth-order valence-electron chi connectivity index (χ4n) is 2.46. The molecule has 0 unspecified atom stereocenters. The van der Waals surface area contributed by atoms with Gasteiger partial charge < -0.3 is 10.2 Å². The van der Waals surface area contributed by atoms with E-state index >= 15 is 0 Å². The van der Waals surface area contributed by atoms with E-state index in [0.717, 1.165) is 19.5 Å². The van der Waals surface area contributed by atoms with E-state index in [1.165, 1.54) is 10.4 Å². The molecule has 0 spiro atoms. The van der Waals surface area contributed by atoms with Crippen LogP contribution in [0.25, 0.3) is 0 Å². The van der Waals surface area contributed by atoms with Gasteiger partial charge in [-0.15, -0.1) is 11.3 Å². The van der Waals surface area contributed by atoms with Crippen molar-refractivity contribution in [2.45, 2.75) is 32.5 Å². The van der Waals surface area contributed by atoms with Gasteiger partial charge in [-0.05, 0) is 36.4 Å². The quantitative estimate of drug-likeness (QED) is 0.941. The van der Waals surface area contributed by atoms with Crippen LogP contribution >= 0.6 is 11.3 Å². The first kappa shape index (κ1) is 13.2. The molecule has 3 rings (SSSR count). The summed E-state index contributed by atoms with van der Waals surface area (Å²) in [6.07, 6.45) is 4.62. The number of carbonyl (C=O) groups excluding carboxylic acids is 1. The van der Waals surface area contributed by atoms with Crippen LogP contribution in [0.4, 0.5) is 4.79 Å². The Morgan fingerprint density at radius 1 is 1.60 bits per heavy atom. The van der Waals surface area contributed by atoms with Crippen molar-refractivity contribution in [3.8, 4) is 0 Å². The van der Waals surface area contributed by atoms with Crippen molar-refractivity contribution >= 4 is 17.4 Å². The van der Waals surface area contributed by atoms with E-state index in [4.69, 9.17) is 0 Å². The molecule has 1 aliphatic heterocycles. The maximum atomic E-state index is 12.3. The molecule has 1 aliphatic rings. The maximum absolute atomic E-state index is 12.3. The number of carbonyl (C=O) groups is 1. The third-order valence-corrected chi connectivity index (χ3v) is 4.51. The van der Waals surface area contributed by atoms with E-state index in [1.807, 2.05) is 28.8 Å². The Morgan fingerprint density at radius 3 is 3.30 bits per heavy atom. The molecule has 106 valence electrons. The first-order valence-corrected chi connectivity index (χ1v) is 7.68. The second-order valence-electron chi connectivity index (χ2n) is 5.12. The highest BCUT2D eigenvalue weighted by Gasteiger charge is 2.22. The van der Waals surface area contributed by atoms with Gasteiger partial charge >= 0.3 is 6.03 Å². The van der Waals surface area contributed by atoms with E-state index in [0.29, 0.717) is 6.54 Å². The summed E-state index contributed by atoms with van der Waals surface area (Å²) in [4.78, 5) is 15.6. The van der Waals surface area contributed by atoms with Crippen molar-refractivity contribution in [1.29, 1.82) is 0 Å². The molecule has 5 nitrogen and oxygen atoms in total. The predicted octanol–water partition coefficient (Wildman–Crippen LogP) is 2.10. The molecule has 0 bridgehead atoms. The molecule has 0 saturated heterocycles. The molecule has 0 saturated carbocycles. The lowest BCUT2D eigenvalue weighted by Gasteiger charge is -2.28. The van der Waals surface area contributed by atoms with E-state index in [9.17, 15) is 4.79 Å². The average molecular weight is 290 g/mol. The van der Waals surface area contributed by atoms with Crippen molar-refractivity contribution in [2.24, 2.45) is 0 Å². The Hall–Kier alpha value is -1.82. The number of amides is 2. The van der Waals surface area contributed by atoms with Crippen molar-refractivity contribution in [3.05, 3.63) is 40.3 Å². The molecule has 0 aliphatic carbocycles. The third-order valence-electron chi connectivity index (χ3n) is 3.48. The first-order chi connectivity index (χ1) is 9.72. The summed E-state index contributed by atoms with van der Waals surface area (Å²) in [5.74, 6) is 0. The number of hydrogen-bond acceptors (Lipinski definition) is 3. The monoisotopic (exact) mass is 290 g/mol. The Balaban J connectivity index is 1.54. The molecule has 6 heteroatoms. The number of aromatic nitrogens is 2. The topological polar surface area (TPSA) is 50.2 Å². The van der Waals surface area contributed by atoms with Gasteiger partial charge in [0.05, 0.1) is 6.54 Å². The largest absolute Gasteiger partial charge is 0.334 e. The average Bonchev–Trinajstić information content (AvgIpc) is 3.07. The first-order valence-electron chi connectivity index (χ1n) is 6.80. The molecule has 1 N–H and O–H groups in total. The van der Waals surface area contributed by atoms with Gasteiger partial charge in [0.15, 0.2) is 0 Å². The Morgan fingerprint density at radius 2 is 2.50 bits per heavy atom. The summed E-state index contributed by atoms with van der Waals surface area (Å²) in [6.45, 7) is 4.21. The molecule has 20 heavy (non-hydrogen) atoms. The zero-order valence-electron chi connectivity index (χ0n) is 11.5. The normalized spacial score (nSPS) is 15.8. The summed E-state index contributed by atoms with van der Waals surface area (Å²) in [6, 6.07) is 4.08. The lowest BCUT2D eigenvalue weighted by atomic mass is 10.1. The molecule has 2 amide bonds. The summed E-state index contributed by atoms with van der Waals surface area (Å²) in [7, 11) is 0. The lowest BCUT2D eigenvalue weighted by Crippen LogP contribution is -2.46. The van der Waals surface area contributed by atoms with Crippen molar-refractivity contribution in [3.63, 3.8) is 0 Å². The van der Waals surface area contributed by atoms with Gasteiger partial charge in [-0.3, -0.25) is 4.68 Å². The van der Waals surface area contributed by atoms with Crippen LogP contribution in [0.15, 0.2) is 29.9 Å². The molecule has 2 aromatic rings. The van der Waals surface area contributed by atoms with Crippen LogP contribution in [0.3, 0.4) is 0 Å². The minimum Gasteiger partial charge on any atom is -0.334 e. The molecule has 3 heterocycles. The molecular formula is C14H18N4OS. The van der Waals surface area contributed by atoms with Crippen LogP contribution in [-0.2, 0) is 19.5 Å². The number of thiophene rings is 1. The zero-order valence-corrected chi connectivity index (χ0v) is 12.3. The fourth-order valence-corrected chi connectivity index (χ4v) is 3.35. The van der Waals surface area contributed by atoms with Crippen molar-refractivity contribution in [2.75, 3.05) is 6.54 Å².